The first-order valence-electron chi connectivity index (χ1n) is 15.4. The first kappa shape index (κ1) is 26.7. The van der Waals surface area contributed by atoms with E-state index in [0.29, 0.717) is 0 Å². The van der Waals surface area contributed by atoms with Crippen LogP contribution in [0.25, 0.3) is 49.7 Å². The molecule has 0 N–H and O–H groups in total. The highest BCUT2D eigenvalue weighted by molar-refractivity contribution is 6.10. The number of aryl methyl sites for hydroxylation is 1. The van der Waals surface area contributed by atoms with Gasteiger partial charge >= 0.3 is 0 Å². The fraction of sp³-hybridized carbons (Fsp3) is 0.0233. The summed E-state index contributed by atoms with van der Waals surface area (Å²) in [5, 5.41) is 2.53. The summed E-state index contributed by atoms with van der Waals surface area (Å²) in [7, 11) is 0. The largest absolute Gasteiger partial charge is 0.311 e. The third kappa shape index (κ3) is 4.97. The Morgan fingerprint density at radius 3 is 1.53 bits per heavy atom. The smallest absolute Gasteiger partial charge is 0.0541 e. The molecule has 1 aromatic heterocycles. The Morgan fingerprint density at radius 2 is 0.867 bits per heavy atom. The van der Waals surface area contributed by atoms with Crippen molar-refractivity contribution in [1.29, 1.82) is 0 Å². The third-order valence-electron chi connectivity index (χ3n) is 8.67. The Balaban J connectivity index is 1.18. The number of hydrogen-bond donors (Lipinski definition) is 0. The van der Waals surface area contributed by atoms with Crippen molar-refractivity contribution in [2.24, 2.45) is 0 Å². The van der Waals surface area contributed by atoms with Crippen molar-refractivity contribution in [2.75, 3.05) is 4.90 Å². The van der Waals surface area contributed by atoms with E-state index >= 15 is 0 Å². The highest BCUT2D eigenvalue weighted by Crippen LogP contribution is 2.38. The van der Waals surface area contributed by atoms with E-state index in [4.69, 9.17) is 0 Å². The van der Waals surface area contributed by atoms with E-state index in [-0.39, 0.29) is 0 Å². The topological polar surface area (TPSA) is 8.17 Å². The predicted octanol–water partition coefficient (Wildman–Crippen LogP) is 11.9. The molecule has 0 spiro atoms. The molecule has 2 nitrogen and oxygen atoms in total. The maximum absolute atomic E-state index is 2.37. The highest BCUT2D eigenvalue weighted by Gasteiger charge is 2.15. The molecule has 2 heteroatoms. The van der Waals surface area contributed by atoms with Crippen molar-refractivity contribution in [2.45, 2.75) is 6.92 Å². The van der Waals surface area contributed by atoms with Gasteiger partial charge in [0, 0.05) is 33.5 Å². The fourth-order valence-corrected chi connectivity index (χ4v) is 6.39. The first-order chi connectivity index (χ1) is 22.2. The number of benzene rings is 7. The van der Waals surface area contributed by atoms with Gasteiger partial charge in [-0.25, -0.2) is 0 Å². The van der Waals surface area contributed by atoms with E-state index in [9.17, 15) is 0 Å². The molecule has 7 aromatic carbocycles. The van der Waals surface area contributed by atoms with E-state index in [0.717, 1.165) is 17.1 Å². The summed E-state index contributed by atoms with van der Waals surface area (Å²) < 4.78 is 2.37. The summed E-state index contributed by atoms with van der Waals surface area (Å²) in [6, 6.07) is 63.2. The van der Waals surface area contributed by atoms with Gasteiger partial charge in [0.1, 0.15) is 0 Å². The monoisotopic (exact) mass is 576 g/mol. The van der Waals surface area contributed by atoms with Crippen LogP contribution < -0.4 is 4.90 Å². The zero-order chi connectivity index (χ0) is 30.2. The number of hydrogen-bond acceptors (Lipinski definition) is 1. The number of nitrogens with zero attached hydrogens (tertiary/aromatic N) is 2. The zero-order valence-electron chi connectivity index (χ0n) is 25.1. The summed E-state index contributed by atoms with van der Waals surface area (Å²) in [6.45, 7) is 2.13. The molecule has 0 radical (unpaired) electrons. The first-order valence-corrected chi connectivity index (χ1v) is 15.4. The van der Waals surface area contributed by atoms with Crippen LogP contribution in [0.2, 0.25) is 0 Å². The Hall–Kier alpha value is -5.86. The Bertz CT molecular complexity index is 2230. The summed E-state index contributed by atoms with van der Waals surface area (Å²) in [5.74, 6) is 0. The van der Waals surface area contributed by atoms with Crippen molar-refractivity contribution in [3.05, 3.63) is 181 Å². The van der Waals surface area contributed by atoms with Crippen LogP contribution in [0.4, 0.5) is 17.1 Å². The van der Waals surface area contributed by atoms with E-state index < -0.39 is 0 Å². The molecule has 0 bridgehead atoms. The van der Waals surface area contributed by atoms with Gasteiger partial charge in [-0.1, -0.05) is 115 Å². The van der Waals surface area contributed by atoms with Crippen molar-refractivity contribution in [3.63, 3.8) is 0 Å². The molecule has 0 saturated carbocycles. The maximum atomic E-state index is 2.37. The average Bonchev–Trinajstić information content (AvgIpc) is 3.44. The Kier molecular flexibility index (Phi) is 6.73. The number of anilines is 3. The van der Waals surface area contributed by atoms with Gasteiger partial charge in [0.05, 0.1) is 11.0 Å². The molecule has 1 heterocycles. The molecule has 0 amide bonds. The van der Waals surface area contributed by atoms with Crippen LogP contribution in [0, 0.1) is 6.92 Å². The number of para-hydroxylation sites is 2. The molecule has 214 valence electrons. The lowest BCUT2D eigenvalue weighted by molar-refractivity contribution is 1.17. The number of rotatable bonds is 6. The number of fused-ring (bicyclic) bond motifs is 3. The van der Waals surface area contributed by atoms with Gasteiger partial charge < -0.3 is 9.47 Å². The lowest BCUT2D eigenvalue weighted by Crippen LogP contribution is -2.09. The van der Waals surface area contributed by atoms with Crippen molar-refractivity contribution in [3.8, 4) is 27.9 Å². The Morgan fingerprint density at radius 1 is 0.378 bits per heavy atom. The molecule has 0 aliphatic rings. The van der Waals surface area contributed by atoms with Crippen LogP contribution in [0.5, 0.6) is 0 Å². The number of aromatic nitrogens is 1. The molecule has 0 aliphatic heterocycles. The summed E-state index contributed by atoms with van der Waals surface area (Å²) in [4.78, 5) is 2.32. The third-order valence-corrected chi connectivity index (χ3v) is 8.67. The van der Waals surface area contributed by atoms with Gasteiger partial charge in [0.25, 0.3) is 0 Å². The van der Waals surface area contributed by atoms with Gasteiger partial charge in [-0.15, -0.1) is 0 Å². The lowest BCUT2D eigenvalue weighted by atomic mass is 10.0. The van der Waals surface area contributed by atoms with Crippen LogP contribution in [0.1, 0.15) is 5.56 Å². The molecule has 0 atom stereocenters. The van der Waals surface area contributed by atoms with Crippen LogP contribution in [-0.4, -0.2) is 4.57 Å². The minimum atomic E-state index is 1.12. The quantitative estimate of drug-likeness (QED) is 0.191. The molecule has 0 aliphatic carbocycles. The highest BCUT2D eigenvalue weighted by atomic mass is 15.1. The normalized spacial score (nSPS) is 11.2. The van der Waals surface area contributed by atoms with Crippen LogP contribution in [-0.2, 0) is 0 Å². The zero-order valence-corrected chi connectivity index (χ0v) is 25.1. The second-order valence-corrected chi connectivity index (χ2v) is 11.6. The second kappa shape index (κ2) is 11.3. The average molecular weight is 577 g/mol. The summed E-state index contributed by atoms with van der Waals surface area (Å²) >= 11 is 0. The van der Waals surface area contributed by atoms with Crippen LogP contribution >= 0.6 is 0 Å². The van der Waals surface area contributed by atoms with E-state index in [2.05, 4.69) is 192 Å². The van der Waals surface area contributed by atoms with Crippen molar-refractivity contribution < 1.29 is 0 Å². The van der Waals surface area contributed by atoms with Gasteiger partial charge in [-0.2, -0.15) is 0 Å². The SMILES string of the molecule is Cc1ccc(-n2c3ccccc3c3cc(-c4ccc(N(c5ccccc5)c5ccc(-c6ccccc6)cc5)cc4)ccc32)cc1. The van der Waals surface area contributed by atoms with Crippen molar-refractivity contribution in [1.82, 2.24) is 4.57 Å². The maximum Gasteiger partial charge on any atom is 0.0541 e. The summed E-state index contributed by atoms with van der Waals surface area (Å²) in [6.07, 6.45) is 0. The van der Waals surface area contributed by atoms with Gasteiger partial charge in [0.15, 0.2) is 0 Å². The van der Waals surface area contributed by atoms with Gasteiger partial charge in [0.2, 0.25) is 0 Å². The second-order valence-electron chi connectivity index (χ2n) is 11.6. The Labute approximate surface area is 264 Å². The van der Waals surface area contributed by atoms with E-state index in [1.165, 1.54) is 55.3 Å². The molecular formula is C43H32N2. The standard InChI is InChI=1S/C43H32N2/c1-31-16-23-39(24-17-31)45-42-15-9-8-14-40(42)41-30-35(22-29-43(41)45)34-20-27-38(28-21-34)44(36-12-6-3-7-13-36)37-25-18-33(19-26-37)32-10-4-2-5-11-32/h2-30H,1H3. The van der Waals surface area contributed by atoms with Gasteiger partial charge in [-0.3, -0.25) is 0 Å². The molecule has 45 heavy (non-hydrogen) atoms. The van der Waals surface area contributed by atoms with Gasteiger partial charge in [-0.05, 0) is 95.9 Å². The molecule has 0 fully saturated rings. The molecule has 0 saturated heterocycles. The van der Waals surface area contributed by atoms with E-state index in [1.807, 2.05) is 0 Å². The van der Waals surface area contributed by atoms with Crippen LogP contribution in [0.15, 0.2) is 176 Å². The van der Waals surface area contributed by atoms with E-state index in [1.54, 1.807) is 0 Å². The molecule has 0 unspecified atom stereocenters. The van der Waals surface area contributed by atoms with Crippen LogP contribution in [0.3, 0.4) is 0 Å². The van der Waals surface area contributed by atoms with Crippen molar-refractivity contribution >= 4 is 38.9 Å². The predicted molar refractivity (Wildman–Crippen MR) is 191 cm³/mol. The fourth-order valence-electron chi connectivity index (χ4n) is 6.39. The minimum Gasteiger partial charge on any atom is -0.311 e. The molecule has 8 aromatic rings. The summed E-state index contributed by atoms with van der Waals surface area (Å²) in [5.41, 5.74) is 13.1. The minimum absolute atomic E-state index is 1.12. The molecular weight excluding hydrogens is 544 g/mol. The molecule has 8 rings (SSSR count). The lowest BCUT2D eigenvalue weighted by Gasteiger charge is -2.26.